The van der Waals surface area contributed by atoms with Crippen LogP contribution >= 0.6 is 0 Å². The van der Waals surface area contributed by atoms with Gasteiger partial charge in [-0.2, -0.15) is 0 Å². The highest BCUT2D eigenvalue weighted by atomic mass is 19.1. The van der Waals surface area contributed by atoms with Gasteiger partial charge in [0.05, 0.1) is 17.0 Å². The van der Waals surface area contributed by atoms with Crippen LogP contribution in [0.5, 0.6) is 23.0 Å². The molecule has 3 aliphatic rings. The van der Waals surface area contributed by atoms with Crippen LogP contribution < -0.4 is 14.2 Å². The lowest BCUT2D eigenvalue weighted by atomic mass is 9.73. The van der Waals surface area contributed by atoms with Gasteiger partial charge in [-0.25, -0.2) is 8.78 Å². The lowest BCUT2D eigenvalue weighted by Crippen LogP contribution is -2.34. The van der Waals surface area contributed by atoms with Crippen molar-refractivity contribution >= 4 is 17.9 Å². The first-order chi connectivity index (χ1) is 15.7. The van der Waals surface area contributed by atoms with Gasteiger partial charge in [-0.15, -0.1) is 0 Å². The van der Waals surface area contributed by atoms with Crippen molar-refractivity contribution in [2.45, 2.75) is 25.9 Å². The van der Waals surface area contributed by atoms with Crippen LogP contribution in [0.1, 0.15) is 31.4 Å². The van der Waals surface area contributed by atoms with Gasteiger partial charge in [0.25, 0.3) is 0 Å². The largest absolute Gasteiger partial charge is 0.456 e. The summed E-state index contributed by atoms with van der Waals surface area (Å²) in [6, 6.07) is 4.41. The van der Waals surface area contributed by atoms with E-state index in [0.29, 0.717) is 12.0 Å². The van der Waals surface area contributed by atoms with Crippen LogP contribution in [-0.2, 0) is 24.7 Å². The molecule has 2 aliphatic heterocycles. The fraction of sp³-hybridized carbons (Fsp3) is 0.208. The quantitative estimate of drug-likeness (QED) is 0.496. The molecule has 5 rings (SSSR count). The van der Waals surface area contributed by atoms with Crippen molar-refractivity contribution < 1.29 is 42.1 Å². The third kappa shape index (κ3) is 3.11. The number of rotatable bonds is 2. The van der Waals surface area contributed by atoms with E-state index in [-0.39, 0.29) is 34.1 Å². The zero-order valence-corrected chi connectivity index (χ0v) is 17.4. The van der Waals surface area contributed by atoms with E-state index >= 15 is 0 Å². The molecule has 0 amide bonds. The van der Waals surface area contributed by atoms with Crippen molar-refractivity contribution in [3.8, 4) is 23.0 Å². The lowest BCUT2D eigenvalue weighted by Gasteiger charge is -2.37. The number of hydrogen-bond donors (Lipinski definition) is 0. The van der Waals surface area contributed by atoms with Gasteiger partial charge in [-0.3, -0.25) is 14.4 Å². The summed E-state index contributed by atoms with van der Waals surface area (Å²) < 4.78 is 51.4. The van der Waals surface area contributed by atoms with Crippen molar-refractivity contribution in [3.63, 3.8) is 0 Å². The monoisotopic (exact) mass is 454 g/mol. The molecule has 1 spiro atoms. The van der Waals surface area contributed by atoms with Gasteiger partial charge in [0, 0.05) is 26.0 Å². The van der Waals surface area contributed by atoms with Crippen molar-refractivity contribution in [1.82, 2.24) is 0 Å². The second-order valence-electron chi connectivity index (χ2n) is 7.79. The van der Waals surface area contributed by atoms with E-state index < -0.39 is 41.1 Å². The molecule has 2 heterocycles. The van der Waals surface area contributed by atoms with Crippen LogP contribution in [0.3, 0.4) is 0 Å². The Morgan fingerprint density at radius 1 is 0.970 bits per heavy atom. The Labute approximate surface area is 186 Å². The lowest BCUT2D eigenvalue weighted by molar-refractivity contribution is -0.148. The summed E-state index contributed by atoms with van der Waals surface area (Å²) in [5.74, 6) is -5.19. The molecule has 1 saturated heterocycles. The minimum absolute atomic E-state index is 0.0319. The summed E-state index contributed by atoms with van der Waals surface area (Å²) >= 11 is 0. The Kier molecular flexibility index (Phi) is 4.59. The van der Waals surface area contributed by atoms with Crippen molar-refractivity contribution in [2.75, 3.05) is 0 Å². The van der Waals surface area contributed by atoms with E-state index in [0.717, 1.165) is 38.1 Å². The molecule has 2 aromatic rings. The van der Waals surface area contributed by atoms with Crippen LogP contribution in [0, 0.1) is 17.6 Å². The number of benzene rings is 2. The molecule has 0 saturated carbocycles. The van der Waals surface area contributed by atoms with E-state index in [2.05, 4.69) is 0 Å². The number of ether oxygens (including phenoxy) is 4. The minimum Gasteiger partial charge on any atom is -0.456 e. The number of halogens is 2. The maximum Gasteiger partial charge on any atom is 0.315 e. The number of esters is 3. The topological polar surface area (TPSA) is 88.1 Å². The predicted octanol–water partition coefficient (Wildman–Crippen LogP) is 4.22. The number of carbonyl (C=O) groups is 3. The fourth-order valence-electron chi connectivity index (χ4n) is 4.44. The summed E-state index contributed by atoms with van der Waals surface area (Å²) in [4.78, 5) is 35.6. The normalized spacial score (nSPS) is 19.0. The molecule has 0 radical (unpaired) electrons. The van der Waals surface area contributed by atoms with Crippen LogP contribution in [0.2, 0.25) is 0 Å². The van der Waals surface area contributed by atoms with Crippen LogP contribution in [-0.4, -0.2) is 17.9 Å². The Morgan fingerprint density at radius 3 is 2.03 bits per heavy atom. The van der Waals surface area contributed by atoms with E-state index in [1.165, 1.54) is 0 Å². The maximum absolute atomic E-state index is 14.9. The molecular weight excluding hydrogens is 438 g/mol. The second-order valence-corrected chi connectivity index (χ2v) is 7.79. The summed E-state index contributed by atoms with van der Waals surface area (Å²) in [6.07, 6.45) is 5.57. The number of carbonyl (C=O) groups excluding carboxylic acids is 3. The first-order valence-electron chi connectivity index (χ1n) is 10.0. The van der Waals surface area contributed by atoms with Gasteiger partial charge >= 0.3 is 17.9 Å². The average Bonchev–Trinajstić information content (AvgIpc) is 3.04. The number of fused-ring (bicyclic) bond motifs is 6. The maximum atomic E-state index is 14.9. The van der Waals surface area contributed by atoms with E-state index in [9.17, 15) is 23.2 Å². The first-order valence-corrected chi connectivity index (χ1v) is 10.0. The molecule has 1 aliphatic carbocycles. The average molecular weight is 454 g/mol. The molecule has 0 aromatic heterocycles. The third-order valence-electron chi connectivity index (χ3n) is 5.66. The highest BCUT2D eigenvalue weighted by molar-refractivity contribution is 5.85. The molecule has 1 unspecified atom stereocenters. The predicted molar refractivity (Wildman–Crippen MR) is 108 cm³/mol. The highest BCUT2D eigenvalue weighted by Gasteiger charge is 2.58. The zero-order valence-electron chi connectivity index (χ0n) is 17.4. The Hall–Kier alpha value is -4.01. The first kappa shape index (κ1) is 20.9. The Morgan fingerprint density at radius 2 is 1.52 bits per heavy atom. The van der Waals surface area contributed by atoms with E-state index in [1.54, 1.807) is 18.2 Å². The van der Waals surface area contributed by atoms with Gasteiger partial charge in [-0.05, 0) is 24.1 Å². The zero-order chi connectivity index (χ0) is 23.5. The van der Waals surface area contributed by atoms with E-state index in [1.807, 2.05) is 0 Å². The van der Waals surface area contributed by atoms with Crippen LogP contribution in [0.25, 0.3) is 0 Å². The molecule has 33 heavy (non-hydrogen) atoms. The Bertz CT molecular complexity index is 1240. The molecular formula is C24H16F2O7. The fourth-order valence-corrected chi connectivity index (χ4v) is 4.44. The summed E-state index contributed by atoms with van der Waals surface area (Å²) in [6.45, 7) is 2.24. The summed E-state index contributed by atoms with van der Waals surface area (Å²) in [7, 11) is 0. The molecule has 168 valence electrons. The molecule has 0 bridgehead atoms. The van der Waals surface area contributed by atoms with Gasteiger partial charge < -0.3 is 18.9 Å². The summed E-state index contributed by atoms with van der Waals surface area (Å²) in [5, 5.41) is 0. The second kappa shape index (κ2) is 7.26. The number of hydrogen-bond acceptors (Lipinski definition) is 7. The molecule has 9 heteroatoms. The van der Waals surface area contributed by atoms with Gasteiger partial charge in [-0.1, -0.05) is 18.2 Å². The van der Waals surface area contributed by atoms with Crippen molar-refractivity contribution in [3.05, 3.63) is 70.8 Å². The summed E-state index contributed by atoms with van der Waals surface area (Å²) in [5.41, 5.74) is -0.971. The Balaban J connectivity index is 1.80. The molecule has 1 atom stereocenters. The van der Waals surface area contributed by atoms with Gasteiger partial charge in [0.1, 0.15) is 11.5 Å². The SMILES string of the molecule is CC(=O)Oc1cc2c(cc1F)C1(OC(=O)C3CC=CC=C31)c1cc(F)c(OC(C)=O)cc1O2. The van der Waals surface area contributed by atoms with Gasteiger partial charge in [0.2, 0.25) is 0 Å². The minimum atomic E-state index is -1.68. The van der Waals surface area contributed by atoms with Crippen LogP contribution in [0.15, 0.2) is 48.1 Å². The van der Waals surface area contributed by atoms with E-state index in [4.69, 9.17) is 18.9 Å². The molecule has 2 aromatic carbocycles. The van der Waals surface area contributed by atoms with Gasteiger partial charge in [0.15, 0.2) is 28.7 Å². The highest BCUT2D eigenvalue weighted by Crippen LogP contribution is 2.60. The van der Waals surface area contributed by atoms with Crippen molar-refractivity contribution in [2.24, 2.45) is 5.92 Å². The van der Waals surface area contributed by atoms with Crippen LogP contribution in [0.4, 0.5) is 8.78 Å². The number of allylic oxidation sites excluding steroid dienone is 3. The smallest absolute Gasteiger partial charge is 0.315 e. The molecule has 0 N–H and O–H groups in total. The molecule has 1 fully saturated rings. The third-order valence-corrected chi connectivity index (χ3v) is 5.66. The standard InChI is InChI=1S/C24H16F2O7/c1-11(27)30-21-9-19-15(7-17(21)25)24(14-6-4-3-5-13(14)23(29)33-24)16-8-18(26)22(31-12(2)28)10-20(16)32-19/h3-4,6-10,13H,5H2,1-2H3. The van der Waals surface area contributed by atoms with Crippen molar-refractivity contribution in [1.29, 1.82) is 0 Å². The molecule has 7 nitrogen and oxygen atoms in total.